The molecule has 0 saturated carbocycles. The van der Waals surface area contributed by atoms with Crippen LogP contribution in [0.2, 0.25) is 0 Å². The molecule has 1 N–H and O–H groups in total. The summed E-state index contributed by atoms with van der Waals surface area (Å²) in [6.07, 6.45) is 1.67. The Morgan fingerprint density at radius 1 is 1.24 bits per heavy atom. The second-order valence-electron chi connectivity index (χ2n) is 4.68. The van der Waals surface area contributed by atoms with Crippen molar-refractivity contribution in [1.82, 2.24) is 4.98 Å². The van der Waals surface area contributed by atoms with Gasteiger partial charge in [-0.1, -0.05) is 0 Å². The van der Waals surface area contributed by atoms with E-state index in [-0.39, 0.29) is 5.91 Å². The highest BCUT2D eigenvalue weighted by atomic mass is 16.5. The average Bonchev–Trinajstić information content (AvgIpc) is 2.49. The lowest BCUT2D eigenvalue weighted by Crippen LogP contribution is -2.19. The van der Waals surface area contributed by atoms with Crippen LogP contribution in [0.1, 0.15) is 17.3 Å². The molecule has 0 atom stereocenters. The Morgan fingerprint density at radius 2 is 1.95 bits per heavy atom. The van der Waals surface area contributed by atoms with Gasteiger partial charge in [0.05, 0.1) is 12.2 Å². The highest BCUT2D eigenvalue weighted by molar-refractivity contribution is 6.07. The van der Waals surface area contributed by atoms with Gasteiger partial charge < -0.3 is 15.0 Å². The molecule has 0 fully saturated rings. The van der Waals surface area contributed by atoms with Crippen LogP contribution in [0.4, 0.5) is 11.5 Å². The van der Waals surface area contributed by atoms with E-state index in [4.69, 9.17) is 4.74 Å². The van der Waals surface area contributed by atoms with Gasteiger partial charge in [0.1, 0.15) is 11.6 Å². The van der Waals surface area contributed by atoms with Crippen LogP contribution < -0.4 is 15.0 Å². The van der Waals surface area contributed by atoms with E-state index in [9.17, 15) is 4.79 Å². The number of pyridine rings is 1. The minimum atomic E-state index is -0.184. The maximum Gasteiger partial charge on any atom is 0.259 e. The summed E-state index contributed by atoms with van der Waals surface area (Å²) in [4.78, 5) is 18.4. The predicted molar refractivity (Wildman–Crippen MR) is 84.1 cm³/mol. The molecule has 1 aromatic heterocycles. The fourth-order valence-corrected chi connectivity index (χ4v) is 1.93. The van der Waals surface area contributed by atoms with Crippen molar-refractivity contribution in [2.75, 3.05) is 30.9 Å². The normalized spacial score (nSPS) is 10.0. The van der Waals surface area contributed by atoms with Crippen LogP contribution in [-0.2, 0) is 0 Å². The first-order valence-corrected chi connectivity index (χ1v) is 6.78. The van der Waals surface area contributed by atoms with Gasteiger partial charge in [-0.05, 0) is 43.3 Å². The van der Waals surface area contributed by atoms with Crippen LogP contribution in [0.5, 0.6) is 5.75 Å². The lowest BCUT2D eigenvalue weighted by Gasteiger charge is -2.15. The molecule has 0 aliphatic rings. The van der Waals surface area contributed by atoms with Crippen LogP contribution in [0, 0.1) is 0 Å². The summed E-state index contributed by atoms with van der Waals surface area (Å²) in [5, 5.41) is 2.86. The van der Waals surface area contributed by atoms with E-state index < -0.39 is 0 Å². The van der Waals surface area contributed by atoms with Gasteiger partial charge in [0, 0.05) is 26.0 Å². The van der Waals surface area contributed by atoms with E-state index >= 15 is 0 Å². The van der Waals surface area contributed by atoms with Crippen molar-refractivity contribution in [3.05, 3.63) is 48.2 Å². The summed E-state index contributed by atoms with van der Waals surface area (Å²) in [6.45, 7) is 2.55. The Kier molecular flexibility index (Phi) is 4.77. The van der Waals surface area contributed by atoms with Gasteiger partial charge in [-0.2, -0.15) is 0 Å². The zero-order valence-corrected chi connectivity index (χ0v) is 12.5. The number of rotatable bonds is 5. The number of nitrogens with one attached hydrogen (secondary N) is 1. The van der Waals surface area contributed by atoms with E-state index in [2.05, 4.69) is 10.3 Å². The van der Waals surface area contributed by atoms with Crippen LogP contribution in [0.15, 0.2) is 42.6 Å². The van der Waals surface area contributed by atoms with Crippen LogP contribution in [0.25, 0.3) is 0 Å². The molecule has 1 aromatic carbocycles. The average molecular weight is 285 g/mol. The number of carbonyl (C=O) groups excluding carboxylic acids is 1. The third-order valence-electron chi connectivity index (χ3n) is 2.88. The molecule has 0 bridgehead atoms. The summed E-state index contributed by atoms with van der Waals surface area (Å²) in [5.74, 6) is 1.24. The standard InChI is InChI=1S/C16H19N3O2/c1-4-21-13-9-7-12(8-10-13)18-16(20)14-6-5-11-17-15(14)19(2)3/h5-11H,4H2,1-3H3,(H,18,20). The molecule has 2 aromatic rings. The van der Waals surface area contributed by atoms with Gasteiger partial charge in [-0.15, -0.1) is 0 Å². The second kappa shape index (κ2) is 6.74. The summed E-state index contributed by atoms with van der Waals surface area (Å²) in [5.41, 5.74) is 1.26. The zero-order chi connectivity index (χ0) is 15.2. The highest BCUT2D eigenvalue weighted by Crippen LogP contribution is 2.19. The maximum absolute atomic E-state index is 12.3. The van der Waals surface area contributed by atoms with Crippen LogP contribution in [0.3, 0.4) is 0 Å². The monoisotopic (exact) mass is 285 g/mol. The molecule has 0 aliphatic carbocycles. The number of hydrogen-bond acceptors (Lipinski definition) is 4. The van der Waals surface area contributed by atoms with Crippen LogP contribution in [-0.4, -0.2) is 31.6 Å². The molecule has 5 nitrogen and oxygen atoms in total. The van der Waals surface area contributed by atoms with E-state index in [1.54, 1.807) is 18.3 Å². The van der Waals surface area contributed by atoms with Crippen molar-refractivity contribution in [2.45, 2.75) is 6.92 Å². The number of hydrogen-bond donors (Lipinski definition) is 1. The molecular weight excluding hydrogens is 266 g/mol. The van der Waals surface area contributed by atoms with Crippen molar-refractivity contribution in [1.29, 1.82) is 0 Å². The molecule has 0 saturated heterocycles. The molecule has 0 spiro atoms. The molecule has 0 aliphatic heterocycles. The van der Waals surface area contributed by atoms with Gasteiger partial charge >= 0.3 is 0 Å². The zero-order valence-electron chi connectivity index (χ0n) is 12.5. The highest BCUT2D eigenvalue weighted by Gasteiger charge is 2.13. The van der Waals surface area contributed by atoms with Gasteiger partial charge in [-0.3, -0.25) is 4.79 Å². The van der Waals surface area contributed by atoms with Crippen molar-refractivity contribution in [3.63, 3.8) is 0 Å². The lowest BCUT2D eigenvalue weighted by atomic mass is 10.2. The number of amides is 1. The Morgan fingerprint density at radius 3 is 2.57 bits per heavy atom. The van der Waals surface area contributed by atoms with Gasteiger partial charge in [0.25, 0.3) is 5.91 Å². The van der Waals surface area contributed by atoms with E-state index in [0.29, 0.717) is 18.0 Å². The molecule has 21 heavy (non-hydrogen) atoms. The maximum atomic E-state index is 12.3. The quantitative estimate of drug-likeness (QED) is 0.917. The number of benzene rings is 1. The molecule has 1 heterocycles. The third-order valence-corrected chi connectivity index (χ3v) is 2.88. The third kappa shape index (κ3) is 3.72. The number of nitrogens with zero attached hydrogens (tertiary/aromatic N) is 2. The molecule has 5 heteroatoms. The SMILES string of the molecule is CCOc1ccc(NC(=O)c2cccnc2N(C)C)cc1. The topological polar surface area (TPSA) is 54.5 Å². The number of ether oxygens (including phenoxy) is 1. The number of carbonyl (C=O) groups is 1. The Labute approximate surface area is 124 Å². The predicted octanol–water partition coefficient (Wildman–Crippen LogP) is 2.80. The van der Waals surface area contributed by atoms with Gasteiger partial charge in [0.15, 0.2) is 0 Å². The largest absolute Gasteiger partial charge is 0.494 e. The molecule has 110 valence electrons. The van der Waals surface area contributed by atoms with Gasteiger partial charge in [-0.25, -0.2) is 4.98 Å². The summed E-state index contributed by atoms with van der Waals surface area (Å²) >= 11 is 0. The minimum Gasteiger partial charge on any atom is -0.494 e. The fourth-order valence-electron chi connectivity index (χ4n) is 1.93. The fraction of sp³-hybridized carbons (Fsp3) is 0.250. The van der Waals surface area contributed by atoms with Crippen molar-refractivity contribution in [2.24, 2.45) is 0 Å². The van der Waals surface area contributed by atoms with Crippen molar-refractivity contribution in [3.8, 4) is 5.75 Å². The van der Waals surface area contributed by atoms with Crippen molar-refractivity contribution < 1.29 is 9.53 Å². The molecule has 2 rings (SSSR count). The number of anilines is 2. The van der Waals surface area contributed by atoms with Crippen molar-refractivity contribution >= 4 is 17.4 Å². The molecular formula is C16H19N3O2. The minimum absolute atomic E-state index is 0.184. The van der Waals surface area contributed by atoms with E-state index in [1.807, 2.05) is 50.2 Å². The molecule has 0 radical (unpaired) electrons. The van der Waals surface area contributed by atoms with E-state index in [0.717, 1.165) is 11.4 Å². The smallest absolute Gasteiger partial charge is 0.259 e. The van der Waals surface area contributed by atoms with Gasteiger partial charge in [0.2, 0.25) is 0 Å². The first-order chi connectivity index (χ1) is 10.1. The number of aromatic nitrogens is 1. The summed E-state index contributed by atoms with van der Waals surface area (Å²) < 4.78 is 5.37. The first-order valence-electron chi connectivity index (χ1n) is 6.78. The Hall–Kier alpha value is -2.56. The summed E-state index contributed by atoms with van der Waals surface area (Å²) in [6, 6.07) is 10.8. The molecule has 1 amide bonds. The van der Waals surface area contributed by atoms with E-state index in [1.165, 1.54) is 0 Å². The Balaban J connectivity index is 2.14. The molecule has 0 unspecified atom stereocenters. The second-order valence-corrected chi connectivity index (χ2v) is 4.68. The first kappa shape index (κ1) is 14.8. The van der Waals surface area contributed by atoms with Crippen LogP contribution >= 0.6 is 0 Å². The lowest BCUT2D eigenvalue weighted by molar-refractivity contribution is 0.102. The Bertz CT molecular complexity index is 609. The summed E-state index contributed by atoms with van der Waals surface area (Å²) in [7, 11) is 3.71.